The molecule has 0 N–H and O–H groups in total. The summed E-state index contributed by atoms with van der Waals surface area (Å²) in [6.07, 6.45) is 2.49. The van der Waals surface area contributed by atoms with Gasteiger partial charge in [0.05, 0.1) is 16.3 Å². The van der Waals surface area contributed by atoms with E-state index in [9.17, 15) is 16.8 Å². The highest BCUT2D eigenvalue weighted by Gasteiger charge is 2.43. The molecule has 2 fully saturated rings. The fourth-order valence-corrected chi connectivity index (χ4v) is 7.84. The molecule has 0 amide bonds. The van der Waals surface area contributed by atoms with Crippen molar-refractivity contribution in [2.75, 3.05) is 32.7 Å². The summed E-state index contributed by atoms with van der Waals surface area (Å²) in [6.45, 7) is 4.45. The minimum Gasteiger partial charge on any atom is -0.336 e. The Morgan fingerprint density at radius 3 is 2.00 bits per heavy atom. The van der Waals surface area contributed by atoms with Crippen molar-refractivity contribution in [3.8, 4) is 0 Å². The van der Waals surface area contributed by atoms with E-state index in [0.29, 0.717) is 18.9 Å². The third-order valence-corrected chi connectivity index (χ3v) is 10.5. The molecular weight excluding hydrogens is 532 g/mol. The number of hydrogen-bond donors (Lipinski definition) is 0. The average Bonchev–Trinajstić information content (AvgIpc) is 3.41. The van der Waals surface area contributed by atoms with E-state index in [0.717, 1.165) is 43.5 Å². The number of nitrogens with zero attached hydrogens (tertiary/aromatic N) is 4. The maximum absolute atomic E-state index is 13.8. The van der Waals surface area contributed by atoms with E-state index in [4.69, 9.17) is 0 Å². The molecule has 5 rings (SSSR count). The summed E-state index contributed by atoms with van der Waals surface area (Å²) in [7, 11) is -7.89. The van der Waals surface area contributed by atoms with Crippen LogP contribution in [0.3, 0.4) is 0 Å². The molecule has 2 aliphatic rings. The molecule has 8 nitrogen and oxygen atoms in total. The molecule has 2 saturated heterocycles. The zero-order chi connectivity index (χ0) is 27.5. The van der Waals surface area contributed by atoms with Crippen LogP contribution in [0, 0.1) is 6.92 Å². The van der Waals surface area contributed by atoms with E-state index >= 15 is 0 Å². The van der Waals surface area contributed by atoms with E-state index < -0.39 is 26.2 Å². The Balaban J connectivity index is 1.60. The third kappa shape index (κ3) is 6.09. The minimum atomic E-state index is -4.02. The molecule has 0 aliphatic carbocycles. The van der Waals surface area contributed by atoms with Gasteiger partial charge in [0.15, 0.2) is 0 Å². The molecular formula is C29H34N4O4S2. The minimum absolute atomic E-state index is 0.119. The first-order chi connectivity index (χ1) is 18.8. The number of likely N-dealkylation sites (tertiary alicyclic amines) is 1. The molecule has 3 aromatic rings. The average molecular weight is 567 g/mol. The summed E-state index contributed by atoms with van der Waals surface area (Å²) >= 11 is 0. The van der Waals surface area contributed by atoms with Crippen LogP contribution in [-0.2, 0) is 20.0 Å². The van der Waals surface area contributed by atoms with Crippen LogP contribution in [0.4, 0.5) is 0 Å². The summed E-state index contributed by atoms with van der Waals surface area (Å²) in [4.78, 5) is 4.39. The standard InChI is InChI=1S/C29H34N4O4S2/c1-24-15-17-26(18-16-24)38(34,35)30-28(23-31-19-9-4-10-20-31)32-21-22-33(29(32)25-11-5-2-6-12-25)39(36,37)27-13-7-3-8-14-27/h2-3,5-8,11-18,29H,4,9-10,19-23H2,1H3/b30-28+. The number of piperidine rings is 1. The number of sulfonamides is 2. The predicted molar refractivity (Wildman–Crippen MR) is 152 cm³/mol. The molecule has 0 aromatic heterocycles. The maximum Gasteiger partial charge on any atom is 0.283 e. The summed E-state index contributed by atoms with van der Waals surface area (Å²) < 4.78 is 60.6. The number of rotatable bonds is 7. The first kappa shape index (κ1) is 27.5. The lowest BCUT2D eigenvalue weighted by molar-refractivity contribution is 0.235. The maximum atomic E-state index is 13.8. The van der Waals surface area contributed by atoms with Crippen LogP contribution in [0.5, 0.6) is 0 Å². The summed E-state index contributed by atoms with van der Waals surface area (Å²) in [5, 5.41) is 0. The van der Waals surface area contributed by atoms with Crippen molar-refractivity contribution in [3.05, 3.63) is 96.1 Å². The third-order valence-electron chi connectivity index (χ3n) is 7.27. The Morgan fingerprint density at radius 2 is 1.36 bits per heavy atom. The van der Waals surface area contributed by atoms with Crippen LogP contribution in [-0.4, -0.2) is 69.5 Å². The van der Waals surface area contributed by atoms with Crippen molar-refractivity contribution in [1.82, 2.24) is 14.1 Å². The van der Waals surface area contributed by atoms with Gasteiger partial charge in [-0.15, -0.1) is 4.40 Å². The summed E-state index contributed by atoms with van der Waals surface area (Å²) in [5.41, 5.74) is 1.71. The highest BCUT2D eigenvalue weighted by Crippen LogP contribution is 2.36. The lowest BCUT2D eigenvalue weighted by Crippen LogP contribution is -2.44. The second-order valence-electron chi connectivity index (χ2n) is 10.0. The molecule has 10 heteroatoms. The Hall–Kier alpha value is -3.05. The quantitative estimate of drug-likeness (QED) is 0.313. The van der Waals surface area contributed by atoms with Crippen molar-refractivity contribution in [1.29, 1.82) is 0 Å². The Bertz CT molecular complexity index is 1500. The largest absolute Gasteiger partial charge is 0.336 e. The van der Waals surface area contributed by atoms with Crippen LogP contribution in [0.15, 0.2) is 99.1 Å². The van der Waals surface area contributed by atoms with E-state index in [-0.39, 0.29) is 16.3 Å². The molecule has 3 aromatic carbocycles. The number of aryl methyl sites for hydroxylation is 1. The van der Waals surface area contributed by atoms with Crippen molar-refractivity contribution in [3.63, 3.8) is 0 Å². The van der Waals surface area contributed by atoms with Crippen molar-refractivity contribution in [2.24, 2.45) is 4.40 Å². The number of hydrogen-bond acceptors (Lipinski definition) is 5. The highest BCUT2D eigenvalue weighted by atomic mass is 32.2. The zero-order valence-corrected chi connectivity index (χ0v) is 23.7. The second kappa shape index (κ2) is 11.6. The number of benzene rings is 3. The molecule has 1 atom stereocenters. The summed E-state index contributed by atoms with van der Waals surface area (Å²) in [5.74, 6) is 0.358. The lowest BCUT2D eigenvalue weighted by atomic mass is 10.1. The van der Waals surface area contributed by atoms with Crippen LogP contribution in [0.1, 0.15) is 36.6 Å². The van der Waals surface area contributed by atoms with Gasteiger partial charge in [0, 0.05) is 13.1 Å². The summed E-state index contributed by atoms with van der Waals surface area (Å²) in [6, 6.07) is 24.4. The molecule has 2 heterocycles. The van der Waals surface area contributed by atoms with Crippen LogP contribution in [0.25, 0.3) is 0 Å². The van der Waals surface area contributed by atoms with Gasteiger partial charge in [-0.1, -0.05) is 72.6 Å². The van der Waals surface area contributed by atoms with E-state index in [1.165, 1.54) is 4.31 Å². The van der Waals surface area contributed by atoms with Crippen molar-refractivity contribution in [2.45, 2.75) is 42.1 Å². The fourth-order valence-electron chi connectivity index (χ4n) is 5.22. The van der Waals surface area contributed by atoms with Crippen molar-refractivity contribution >= 4 is 25.9 Å². The van der Waals surface area contributed by atoms with Gasteiger partial charge < -0.3 is 4.90 Å². The lowest BCUT2D eigenvalue weighted by Gasteiger charge is -2.35. The monoisotopic (exact) mass is 566 g/mol. The molecule has 0 bridgehead atoms. The topological polar surface area (TPSA) is 90.4 Å². The van der Waals surface area contributed by atoms with Gasteiger partial charge in [-0.2, -0.15) is 12.7 Å². The van der Waals surface area contributed by atoms with Crippen LogP contribution < -0.4 is 0 Å². The smallest absolute Gasteiger partial charge is 0.283 e. The molecule has 0 saturated carbocycles. The number of amidine groups is 1. The van der Waals surface area contributed by atoms with Gasteiger partial charge >= 0.3 is 0 Å². The van der Waals surface area contributed by atoms with Gasteiger partial charge in [0.1, 0.15) is 12.0 Å². The highest BCUT2D eigenvalue weighted by molar-refractivity contribution is 7.90. The Labute approximate surface area is 231 Å². The first-order valence-corrected chi connectivity index (χ1v) is 16.1. The predicted octanol–water partition coefficient (Wildman–Crippen LogP) is 4.27. The molecule has 0 spiro atoms. The normalized spacial score (nSPS) is 19.9. The van der Waals surface area contributed by atoms with E-state index in [1.807, 2.05) is 42.2 Å². The SMILES string of the molecule is Cc1ccc(S(=O)(=O)/N=C(\CN2CCCCC2)N2CCN(S(=O)(=O)c3ccccc3)C2c2ccccc2)cc1. The Morgan fingerprint density at radius 1 is 0.744 bits per heavy atom. The molecule has 39 heavy (non-hydrogen) atoms. The van der Waals surface area contributed by atoms with Gasteiger partial charge in [-0.3, -0.25) is 4.90 Å². The van der Waals surface area contributed by atoms with Crippen LogP contribution in [0.2, 0.25) is 0 Å². The Kier molecular flexibility index (Phi) is 8.18. The van der Waals surface area contributed by atoms with Gasteiger partial charge in [-0.25, -0.2) is 8.42 Å². The molecule has 206 valence electrons. The van der Waals surface area contributed by atoms with Gasteiger partial charge in [0.25, 0.3) is 10.0 Å². The second-order valence-corrected chi connectivity index (χ2v) is 13.5. The molecule has 0 radical (unpaired) electrons. The van der Waals surface area contributed by atoms with Gasteiger partial charge in [0.2, 0.25) is 10.0 Å². The molecule has 2 aliphatic heterocycles. The first-order valence-electron chi connectivity index (χ1n) is 13.3. The van der Waals surface area contributed by atoms with E-state index in [2.05, 4.69) is 9.30 Å². The zero-order valence-electron chi connectivity index (χ0n) is 22.1. The van der Waals surface area contributed by atoms with E-state index in [1.54, 1.807) is 54.6 Å². The fraction of sp³-hybridized carbons (Fsp3) is 0.345. The van der Waals surface area contributed by atoms with Crippen molar-refractivity contribution < 1.29 is 16.8 Å². The van der Waals surface area contributed by atoms with Gasteiger partial charge in [-0.05, 0) is 62.7 Å². The molecule has 1 unspecified atom stereocenters. The van der Waals surface area contributed by atoms with Crippen LogP contribution >= 0.6 is 0 Å².